The number of hydrazone groups is 1. The maximum absolute atomic E-state index is 12.0. The SMILES string of the molecule is C/C(=N\NC(=O)c1ccc(N(C)C)cc1)c1ccc(O)cc1. The predicted octanol–water partition coefficient (Wildman–Crippen LogP) is 2.61. The lowest BCUT2D eigenvalue weighted by molar-refractivity contribution is 0.0955. The molecule has 0 atom stereocenters. The van der Waals surface area contributed by atoms with E-state index in [-0.39, 0.29) is 11.7 Å². The Morgan fingerprint density at radius 3 is 2.09 bits per heavy atom. The first-order valence-corrected chi connectivity index (χ1v) is 6.89. The van der Waals surface area contributed by atoms with Gasteiger partial charge in [0.15, 0.2) is 0 Å². The number of aromatic hydroxyl groups is 1. The van der Waals surface area contributed by atoms with Gasteiger partial charge in [-0.2, -0.15) is 5.10 Å². The molecule has 2 rings (SSSR count). The molecule has 0 spiro atoms. The van der Waals surface area contributed by atoms with Crippen molar-refractivity contribution in [2.45, 2.75) is 6.92 Å². The van der Waals surface area contributed by atoms with Crippen molar-refractivity contribution in [3.63, 3.8) is 0 Å². The average molecular weight is 297 g/mol. The summed E-state index contributed by atoms with van der Waals surface area (Å²) in [7, 11) is 3.89. The van der Waals surface area contributed by atoms with E-state index < -0.39 is 0 Å². The topological polar surface area (TPSA) is 64.9 Å². The number of hydrogen-bond donors (Lipinski definition) is 2. The summed E-state index contributed by atoms with van der Waals surface area (Å²) in [6.45, 7) is 1.79. The third-order valence-electron chi connectivity index (χ3n) is 3.26. The van der Waals surface area contributed by atoms with Crippen molar-refractivity contribution in [1.29, 1.82) is 0 Å². The molecule has 114 valence electrons. The minimum atomic E-state index is -0.261. The summed E-state index contributed by atoms with van der Waals surface area (Å²) in [6.07, 6.45) is 0. The summed E-state index contributed by atoms with van der Waals surface area (Å²) >= 11 is 0. The van der Waals surface area contributed by atoms with E-state index >= 15 is 0 Å². The van der Waals surface area contributed by atoms with Crippen molar-refractivity contribution in [2.24, 2.45) is 5.10 Å². The number of anilines is 1. The molecular formula is C17H19N3O2. The lowest BCUT2D eigenvalue weighted by Gasteiger charge is -2.12. The molecular weight excluding hydrogens is 278 g/mol. The Kier molecular flexibility index (Phi) is 4.78. The fourth-order valence-electron chi connectivity index (χ4n) is 1.88. The Morgan fingerprint density at radius 2 is 1.55 bits per heavy atom. The van der Waals surface area contributed by atoms with Crippen molar-refractivity contribution in [3.8, 4) is 5.75 Å². The number of benzene rings is 2. The second kappa shape index (κ2) is 6.76. The normalized spacial score (nSPS) is 11.1. The highest BCUT2D eigenvalue weighted by Gasteiger charge is 2.05. The summed E-state index contributed by atoms with van der Waals surface area (Å²) in [5.41, 5.74) is 5.61. The van der Waals surface area contributed by atoms with Crippen LogP contribution in [0.3, 0.4) is 0 Å². The first-order chi connectivity index (χ1) is 10.5. The number of nitrogens with one attached hydrogen (secondary N) is 1. The summed E-state index contributed by atoms with van der Waals surface area (Å²) in [5.74, 6) is -0.0648. The standard InChI is InChI=1S/C17H19N3O2/c1-12(13-6-10-16(21)11-7-13)18-19-17(22)14-4-8-15(9-5-14)20(2)3/h4-11,21H,1-3H3,(H,19,22)/b18-12+. The molecule has 0 saturated heterocycles. The Hall–Kier alpha value is -2.82. The summed E-state index contributed by atoms with van der Waals surface area (Å²) in [4.78, 5) is 14.0. The van der Waals surface area contributed by atoms with E-state index in [2.05, 4.69) is 10.5 Å². The molecule has 0 aliphatic heterocycles. The number of amides is 1. The predicted molar refractivity (Wildman–Crippen MR) is 88.6 cm³/mol. The van der Waals surface area contributed by atoms with E-state index in [1.54, 1.807) is 43.3 Å². The molecule has 5 heteroatoms. The summed E-state index contributed by atoms with van der Waals surface area (Å²) in [6, 6.07) is 13.9. The van der Waals surface area contributed by atoms with Gasteiger partial charge in [0.1, 0.15) is 5.75 Å². The van der Waals surface area contributed by atoms with Gasteiger partial charge in [0.2, 0.25) is 0 Å². The zero-order valence-electron chi connectivity index (χ0n) is 12.9. The third-order valence-corrected chi connectivity index (χ3v) is 3.26. The molecule has 2 N–H and O–H groups in total. The van der Waals surface area contributed by atoms with Gasteiger partial charge in [-0.15, -0.1) is 0 Å². The number of phenolic OH excluding ortho intramolecular Hbond substituents is 1. The fourth-order valence-corrected chi connectivity index (χ4v) is 1.88. The van der Waals surface area contributed by atoms with Crippen LogP contribution in [-0.2, 0) is 0 Å². The van der Waals surface area contributed by atoms with Crippen LogP contribution in [0.1, 0.15) is 22.8 Å². The van der Waals surface area contributed by atoms with Crippen molar-refractivity contribution in [2.75, 3.05) is 19.0 Å². The van der Waals surface area contributed by atoms with Gasteiger partial charge < -0.3 is 10.0 Å². The second-order valence-corrected chi connectivity index (χ2v) is 5.13. The average Bonchev–Trinajstić information content (AvgIpc) is 2.53. The van der Waals surface area contributed by atoms with E-state index in [0.29, 0.717) is 11.3 Å². The minimum Gasteiger partial charge on any atom is -0.508 e. The van der Waals surface area contributed by atoms with Crippen LogP contribution in [0.5, 0.6) is 5.75 Å². The Labute approximate surface area is 129 Å². The highest BCUT2D eigenvalue weighted by atomic mass is 16.3. The van der Waals surface area contributed by atoms with Crippen LogP contribution in [0.25, 0.3) is 0 Å². The summed E-state index contributed by atoms with van der Waals surface area (Å²) < 4.78 is 0. The molecule has 5 nitrogen and oxygen atoms in total. The molecule has 0 radical (unpaired) electrons. The first kappa shape index (κ1) is 15.6. The van der Waals surface area contributed by atoms with Gasteiger partial charge in [-0.3, -0.25) is 4.79 Å². The third kappa shape index (κ3) is 3.85. The Bertz CT molecular complexity index is 674. The van der Waals surface area contributed by atoms with Crippen LogP contribution in [0, 0.1) is 0 Å². The maximum atomic E-state index is 12.0. The van der Waals surface area contributed by atoms with Gasteiger partial charge in [0.25, 0.3) is 5.91 Å². The zero-order valence-corrected chi connectivity index (χ0v) is 12.9. The van der Waals surface area contributed by atoms with E-state index in [1.807, 2.05) is 31.1 Å². The smallest absolute Gasteiger partial charge is 0.271 e. The van der Waals surface area contributed by atoms with Gasteiger partial charge in [-0.1, -0.05) is 0 Å². The van der Waals surface area contributed by atoms with Crippen LogP contribution in [0.15, 0.2) is 53.6 Å². The molecule has 22 heavy (non-hydrogen) atoms. The number of phenols is 1. The second-order valence-electron chi connectivity index (χ2n) is 5.13. The zero-order chi connectivity index (χ0) is 16.1. The van der Waals surface area contributed by atoms with Gasteiger partial charge in [0.05, 0.1) is 5.71 Å². The molecule has 0 saturated carbocycles. The molecule has 0 aliphatic carbocycles. The van der Waals surface area contributed by atoms with Crippen LogP contribution in [-0.4, -0.2) is 30.8 Å². The number of carbonyl (C=O) groups excluding carboxylic acids is 1. The fraction of sp³-hybridized carbons (Fsp3) is 0.176. The lowest BCUT2D eigenvalue weighted by atomic mass is 10.1. The van der Waals surface area contributed by atoms with Crippen molar-refractivity contribution < 1.29 is 9.90 Å². The molecule has 0 bridgehead atoms. The van der Waals surface area contributed by atoms with Crippen molar-refractivity contribution in [1.82, 2.24) is 5.43 Å². The molecule has 0 aromatic heterocycles. The van der Waals surface area contributed by atoms with E-state index in [9.17, 15) is 9.90 Å². The molecule has 2 aromatic rings. The largest absolute Gasteiger partial charge is 0.508 e. The molecule has 0 aliphatic rings. The lowest BCUT2D eigenvalue weighted by Crippen LogP contribution is -2.19. The number of nitrogens with zero attached hydrogens (tertiary/aromatic N) is 2. The number of carbonyl (C=O) groups is 1. The Balaban J connectivity index is 2.05. The van der Waals surface area contributed by atoms with Gasteiger partial charge in [-0.05, 0) is 61.0 Å². The van der Waals surface area contributed by atoms with Crippen LogP contribution < -0.4 is 10.3 Å². The molecule has 1 amide bonds. The highest BCUT2D eigenvalue weighted by Crippen LogP contribution is 2.12. The highest BCUT2D eigenvalue weighted by molar-refractivity contribution is 6.01. The van der Waals surface area contributed by atoms with Gasteiger partial charge in [-0.25, -0.2) is 5.43 Å². The minimum absolute atomic E-state index is 0.196. The maximum Gasteiger partial charge on any atom is 0.271 e. The first-order valence-electron chi connectivity index (χ1n) is 6.89. The summed E-state index contributed by atoms with van der Waals surface area (Å²) in [5, 5.41) is 13.3. The molecule has 0 fully saturated rings. The van der Waals surface area contributed by atoms with Crippen molar-refractivity contribution in [3.05, 3.63) is 59.7 Å². The van der Waals surface area contributed by atoms with Crippen molar-refractivity contribution >= 4 is 17.3 Å². The Morgan fingerprint density at radius 1 is 1.00 bits per heavy atom. The monoisotopic (exact) mass is 297 g/mol. The quantitative estimate of drug-likeness (QED) is 0.673. The van der Waals surface area contributed by atoms with E-state index in [4.69, 9.17) is 0 Å². The number of hydrogen-bond acceptors (Lipinski definition) is 4. The van der Waals surface area contributed by atoms with Crippen LogP contribution >= 0.6 is 0 Å². The van der Waals surface area contributed by atoms with Gasteiger partial charge in [0, 0.05) is 25.3 Å². The van der Waals surface area contributed by atoms with E-state index in [1.165, 1.54) is 0 Å². The molecule has 2 aromatic carbocycles. The number of rotatable bonds is 4. The molecule has 0 heterocycles. The van der Waals surface area contributed by atoms with Crippen LogP contribution in [0.4, 0.5) is 5.69 Å². The van der Waals surface area contributed by atoms with Crippen LogP contribution in [0.2, 0.25) is 0 Å². The van der Waals surface area contributed by atoms with E-state index in [0.717, 1.165) is 11.3 Å². The van der Waals surface area contributed by atoms with Gasteiger partial charge >= 0.3 is 0 Å². The molecule has 0 unspecified atom stereocenters.